The Morgan fingerprint density at radius 1 is 1.09 bits per heavy atom. The van der Waals surface area contributed by atoms with Crippen molar-refractivity contribution in [1.82, 2.24) is 9.80 Å². The Labute approximate surface area is 133 Å². The SMILES string of the molecule is CCN(CC)c1ccc(C(=O)N2CCN(CCO)CC2)cc1. The van der Waals surface area contributed by atoms with Gasteiger partial charge in [-0.25, -0.2) is 0 Å². The summed E-state index contributed by atoms with van der Waals surface area (Å²) in [5.74, 6) is 0.106. The summed E-state index contributed by atoms with van der Waals surface area (Å²) < 4.78 is 0. The molecule has 1 aromatic carbocycles. The highest BCUT2D eigenvalue weighted by Gasteiger charge is 2.21. The van der Waals surface area contributed by atoms with Crippen molar-refractivity contribution in [3.05, 3.63) is 29.8 Å². The molecule has 0 radical (unpaired) electrons. The van der Waals surface area contributed by atoms with Crippen LogP contribution >= 0.6 is 0 Å². The molecule has 5 heteroatoms. The Bertz CT molecular complexity index is 463. The highest BCUT2D eigenvalue weighted by molar-refractivity contribution is 5.94. The zero-order chi connectivity index (χ0) is 15.9. The normalized spacial score (nSPS) is 15.9. The second-order valence-corrected chi connectivity index (χ2v) is 5.58. The van der Waals surface area contributed by atoms with Gasteiger partial charge in [-0.1, -0.05) is 0 Å². The maximum Gasteiger partial charge on any atom is 0.253 e. The summed E-state index contributed by atoms with van der Waals surface area (Å²) in [5, 5.41) is 8.96. The largest absolute Gasteiger partial charge is 0.395 e. The average Bonchev–Trinajstić information content (AvgIpc) is 2.57. The van der Waals surface area contributed by atoms with Crippen LogP contribution in [0.5, 0.6) is 0 Å². The molecular weight excluding hydrogens is 278 g/mol. The number of benzene rings is 1. The summed E-state index contributed by atoms with van der Waals surface area (Å²) >= 11 is 0. The molecule has 1 saturated heterocycles. The highest BCUT2D eigenvalue weighted by atomic mass is 16.3. The molecule has 1 N–H and O–H groups in total. The fourth-order valence-electron chi connectivity index (χ4n) is 2.90. The van der Waals surface area contributed by atoms with E-state index in [0.717, 1.165) is 50.5 Å². The van der Waals surface area contributed by atoms with Gasteiger partial charge in [0, 0.05) is 57.1 Å². The van der Waals surface area contributed by atoms with Gasteiger partial charge in [-0.2, -0.15) is 0 Å². The summed E-state index contributed by atoms with van der Waals surface area (Å²) in [7, 11) is 0. The zero-order valence-corrected chi connectivity index (χ0v) is 13.7. The number of carbonyl (C=O) groups excluding carboxylic acids is 1. The lowest BCUT2D eigenvalue weighted by molar-refractivity contribution is 0.0615. The van der Waals surface area contributed by atoms with Crippen LogP contribution < -0.4 is 4.90 Å². The summed E-state index contributed by atoms with van der Waals surface area (Å²) in [5.41, 5.74) is 1.92. The lowest BCUT2D eigenvalue weighted by Gasteiger charge is -2.34. The number of hydrogen-bond donors (Lipinski definition) is 1. The first kappa shape index (κ1) is 16.8. The summed E-state index contributed by atoms with van der Waals surface area (Å²) in [6.45, 7) is 10.2. The second-order valence-electron chi connectivity index (χ2n) is 5.58. The van der Waals surface area contributed by atoms with Gasteiger partial charge in [-0.3, -0.25) is 9.69 Å². The fourth-order valence-corrected chi connectivity index (χ4v) is 2.90. The van der Waals surface area contributed by atoms with Gasteiger partial charge in [-0.15, -0.1) is 0 Å². The van der Waals surface area contributed by atoms with Crippen LogP contribution in [0.2, 0.25) is 0 Å². The minimum atomic E-state index is 0.106. The molecule has 0 unspecified atom stereocenters. The van der Waals surface area contributed by atoms with Crippen LogP contribution in [0.15, 0.2) is 24.3 Å². The van der Waals surface area contributed by atoms with Crippen molar-refractivity contribution in [2.75, 3.05) is 57.3 Å². The van der Waals surface area contributed by atoms with Gasteiger partial charge in [-0.05, 0) is 38.1 Å². The molecule has 1 fully saturated rings. The van der Waals surface area contributed by atoms with E-state index in [1.54, 1.807) is 0 Å². The van der Waals surface area contributed by atoms with Crippen molar-refractivity contribution in [3.8, 4) is 0 Å². The molecule has 1 amide bonds. The number of nitrogens with zero attached hydrogens (tertiary/aromatic N) is 3. The van der Waals surface area contributed by atoms with Crippen LogP contribution in [0.1, 0.15) is 24.2 Å². The van der Waals surface area contributed by atoms with E-state index in [-0.39, 0.29) is 12.5 Å². The molecule has 1 heterocycles. The summed E-state index contributed by atoms with van der Waals surface area (Å²) in [4.78, 5) is 18.9. The lowest BCUT2D eigenvalue weighted by Crippen LogP contribution is -2.49. The molecule has 2 rings (SSSR count). The number of anilines is 1. The van der Waals surface area contributed by atoms with E-state index in [1.807, 2.05) is 29.2 Å². The van der Waals surface area contributed by atoms with E-state index >= 15 is 0 Å². The van der Waals surface area contributed by atoms with Crippen LogP contribution in [-0.4, -0.2) is 73.2 Å². The molecule has 0 saturated carbocycles. The third-order valence-corrected chi connectivity index (χ3v) is 4.32. The third-order valence-electron chi connectivity index (χ3n) is 4.32. The molecule has 1 aromatic rings. The molecular formula is C17H27N3O2. The topological polar surface area (TPSA) is 47.0 Å². The van der Waals surface area contributed by atoms with Crippen molar-refractivity contribution in [2.24, 2.45) is 0 Å². The summed E-state index contributed by atoms with van der Waals surface area (Å²) in [6.07, 6.45) is 0. The van der Waals surface area contributed by atoms with Crippen LogP contribution in [-0.2, 0) is 0 Å². The molecule has 0 spiro atoms. The third kappa shape index (κ3) is 3.99. The van der Waals surface area contributed by atoms with Crippen LogP contribution in [0.4, 0.5) is 5.69 Å². The van der Waals surface area contributed by atoms with Gasteiger partial charge in [0.25, 0.3) is 5.91 Å². The summed E-state index contributed by atoms with van der Waals surface area (Å²) in [6, 6.07) is 7.91. The van der Waals surface area contributed by atoms with E-state index in [9.17, 15) is 4.79 Å². The first-order valence-corrected chi connectivity index (χ1v) is 8.17. The van der Waals surface area contributed by atoms with Crippen molar-refractivity contribution in [2.45, 2.75) is 13.8 Å². The predicted molar refractivity (Wildman–Crippen MR) is 89.4 cm³/mol. The van der Waals surface area contributed by atoms with Crippen molar-refractivity contribution in [1.29, 1.82) is 0 Å². The molecule has 1 aliphatic rings. The molecule has 0 aliphatic carbocycles. The molecule has 5 nitrogen and oxygen atoms in total. The van der Waals surface area contributed by atoms with Crippen molar-refractivity contribution < 1.29 is 9.90 Å². The molecule has 22 heavy (non-hydrogen) atoms. The predicted octanol–water partition coefficient (Wildman–Crippen LogP) is 1.28. The molecule has 1 aliphatic heterocycles. The van der Waals surface area contributed by atoms with Crippen LogP contribution in [0.3, 0.4) is 0 Å². The molecule has 0 bridgehead atoms. The molecule has 0 aromatic heterocycles. The first-order valence-electron chi connectivity index (χ1n) is 8.17. The lowest BCUT2D eigenvalue weighted by atomic mass is 10.1. The van der Waals surface area contributed by atoms with Gasteiger partial charge < -0.3 is 14.9 Å². The Kier molecular flexibility index (Phi) is 6.21. The number of carbonyl (C=O) groups is 1. The van der Waals surface area contributed by atoms with E-state index in [4.69, 9.17) is 5.11 Å². The monoisotopic (exact) mass is 305 g/mol. The number of β-amino-alcohol motifs (C(OH)–C–C–N with tert-alkyl or cyclic N) is 1. The number of hydrogen-bond acceptors (Lipinski definition) is 4. The van der Waals surface area contributed by atoms with E-state index in [2.05, 4.69) is 23.6 Å². The number of piperazine rings is 1. The van der Waals surface area contributed by atoms with Crippen molar-refractivity contribution >= 4 is 11.6 Å². The second kappa shape index (κ2) is 8.15. The molecule has 0 atom stereocenters. The fraction of sp³-hybridized carbons (Fsp3) is 0.588. The Morgan fingerprint density at radius 3 is 2.18 bits per heavy atom. The Balaban J connectivity index is 1.96. The first-order chi connectivity index (χ1) is 10.7. The maximum atomic E-state index is 12.5. The molecule has 122 valence electrons. The highest BCUT2D eigenvalue weighted by Crippen LogP contribution is 2.16. The number of aliphatic hydroxyl groups is 1. The maximum absolute atomic E-state index is 12.5. The standard InChI is InChI=1S/C17H27N3O2/c1-3-19(4-2)16-7-5-15(6-8-16)17(22)20-11-9-18(10-12-20)13-14-21/h5-8,21H,3-4,9-14H2,1-2H3. The zero-order valence-electron chi connectivity index (χ0n) is 13.7. The minimum Gasteiger partial charge on any atom is -0.395 e. The van der Waals surface area contributed by atoms with Crippen LogP contribution in [0.25, 0.3) is 0 Å². The smallest absolute Gasteiger partial charge is 0.253 e. The van der Waals surface area contributed by atoms with Gasteiger partial charge in [0.1, 0.15) is 0 Å². The van der Waals surface area contributed by atoms with E-state index < -0.39 is 0 Å². The Hall–Kier alpha value is -1.59. The average molecular weight is 305 g/mol. The van der Waals surface area contributed by atoms with Gasteiger partial charge >= 0.3 is 0 Å². The van der Waals surface area contributed by atoms with E-state index in [0.29, 0.717) is 6.54 Å². The number of aliphatic hydroxyl groups excluding tert-OH is 1. The van der Waals surface area contributed by atoms with Crippen LogP contribution in [0, 0.1) is 0 Å². The van der Waals surface area contributed by atoms with Gasteiger partial charge in [0.2, 0.25) is 0 Å². The number of rotatable bonds is 6. The van der Waals surface area contributed by atoms with Gasteiger partial charge in [0.15, 0.2) is 0 Å². The van der Waals surface area contributed by atoms with Gasteiger partial charge in [0.05, 0.1) is 6.61 Å². The van der Waals surface area contributed by atoms with Crippen molar-refractivity contribution in [3.63, 3.8) is 0 Å². The minimum absolute atomic E-state index is 0.106. The number of amides is 1. The Morgan fingerprint density at radius 2 is 1.68 bits per heavy atom. The van der Waals surface area contributed by atoms with E-state index in [1.165, 1.54) is 0 Å². The quantitative estimate of drug-likeness (QED) is 0.860.